The topological polar surface area (TPSA) is 110 Å². The van der Waals surface area contributed by atoms with Gasteiger partial charge in [0.1, 0.15) is 12.0 Å². The number of nitrogens with two attached hydrogens (primary N) is 1. The lowest BCUT2D eigenvalue weighted by atomic mass is 9.74. The van der Waals surface area contributed by atoms with Gasteiger partial charge in [0.25, 0.3) is 0 Å². The van der Waals surface area contributed by atoms with E-state index in [0.717, 1.165) is 25.7 Å². The van der Waals surface area contributed by atoms with Crippen molar-refractivity contribution in [3.05, 3.63) is 18.0 Å². The molecule has 0 radical (unpaired) electrons. The molecule has 1 aliphatic carbocycles. The molecule has 1 saturated carbocycles. The maximum Gasteiger partial charge on any atom is 0.227 e. The number of sulfonamides is 1. The first-order chi connectivity index (χ1) is 11.8. The predicted octanol–water partition coefficient (Wildman–Crippen LogP) is 0.978. The first-order valence-electron chi connectivity index (χ1n) is 8.74. The minimum Gasteiger partial charge on any atom is -0.364 e. The summed E-state index contributed by atoms with van der Waals surface area (Å²) < 4.78 is 31.0. The van der Waals surface area contributed by atoms with Crippen LogP contribution in [0.4, 0.5) is 0 Å². The van der Waals surface area contributed by atoms with E-state index >= 15 is 0 Å². The predicted molar refractivity (Wildman–Crippen MR) is 99.1 cm³/mol. The molecule has 1 aromatic rings. The zero-order valence-electron chi connectivity index (χ0n) is 15.0. The third kappa shape index (κ3) is 4.57. The Kier molecular flexibility index (Phi) is 6.70. The highest BCUT2D eigenvalue weighted by Gasteiger charge is 2.41. The van der Waals surface area contributed by atoms with Gasteiger partial charge >= 0.3 is 0 Å². The van der Waals surface area contributed by atoms with Crippen LogP contribution in [0.25, 0.3) is 0 Å². The Hall–Kier alpha value is -1.16. The number of carbonyl (C=O) groups excluding carboxylic acids is 1. The molecule has 2 heterocycles. The zero-order valence-corrected chi connectivity index (χ0v) is 16.6. The third-order valence-electron chi connectivity index (χ3n) is 5.32. The summed E-state index contributed by atoms with van der Waals surface area (Å²) >= 11 is 0. The lowest BCUT2D eigenvalue weighted by Crippen LogP contribution is -2.57. The van der Waals surface area contributed by atoms with Crippen molar-refractivity contribution in [1.29, 1.82) is 0 Å². The van der Waals surface area contributed by atoms with Crippen LogP contribution in [0.2, 0.25) is 0 Å². The van der Waals surface area contributed by atoms with Crippen molar-refractivity contribution in [3.8, 4) is 0 Å². The quantitative estimate of drug-likeness (QED) is 0.798. The van der Waals surface area contributed by atoms with Crippen molar-refractivity contribution in [1.82, 2.24) is 14.4 Å². The summed E-state index contributed by atoms with van der Waals surface area (Å²) in [5, 5.41) is 3.66. The smallest absolute Gasteiger partial charge is 0.227 e. The van der Waals surface area contributed by atoms with Gasteiger partial charge in [0.05, 0.1) is 11.6 Å². The minimum absolute atomic E-state index is 0. The summed E-state index contributed by atoms with van der Waals surface area (Å²) in [6.07, 6.45) is 5.11. The van der Waals surface area contributed by atoms with Crippen molar-refractivity contribution in [2.45, 2.75) is 43.9 Å². The highest BCUT2D eigenvalue weighted by atomic mass is 35.5. The van der Waals surface area contributed by atoms with Crippen molar-refractivity contribution in [2.75, 3.05) is 26.2 Å². The van der Waals surface area contributed by atoms with E-state index in [1.165, 1.54) is 10.6 Å². The van der Waals surface area contributed by atoms with Crippen molar-refractivity contribution >= 4 is 28.3 Å². The van der Waals surface area contributed by atoms with Crippen molar-refractivity contribution < 1.29 is 17.7 Å². The summed E-state index contributed by atoms with van der Waals surface area (Å²) in [5.41, 5.74) is 6.25. The highest BCUT2D eigenvalue weighted by molar-refractivity contribution is 7.88. The zero-order chi connectivity index (χ0) is 18.1. The average Bonchev–Trinajstić information content (AvgIpc) is 3.06. The molecule has 3 rings (SSSR count). The number of hydrogen-bond donors (Lipinski definition) is 1. The first-order valence-corrected chi connectivity index (χ1v) is 10.4. The van der Waals surface area contributed by atoms with Crippen molar-refractivity contribution in [2.24, 2.45) is 11.7 Å². The molecule has 1 aromatic heterocycles. The Morgan fingerprint density at radius 2 is 2.04 bits per heavy atom. The molecule has 0 spiro atoms. The van der Waals surface area contributed by atoms with Crippen LogP contribution in [0.15, 0.2) is 16.9 Å². The van der Waals surface area contributed by atoms with Gasteiger partial charge in [0.2, 0.25) is 15.9 Å². The first kappa shape index (κ1) is 21.1. The molecule has 148 valence electrons. The molecule has 10 heteroatoms. The molecule has 8 nitrogen and oxygen atoms in total. The van der Waals surface area contributed by atoms with Gasteiger partial charge in [0.15, 0.2) is 0 Å². The van der Waals surface area contributed by atoms with Gasteiger partial charge in [-0.25, -0.2) is 8.42 Å². The number of carbonyl (C=O) groups is 1. The van der Waals surface area contributed by atoms with E-state index in [2.05, 4.69) is 9.68 Å². The van der Waals surface area contributed by atoms with Gasteiger partial charge in [-0.15, -0.1) is 12.4 Å². The fraction of sp³-hybridized carbons (Fsp3) is 0.750. The van der Waals surface area contributed by atoms with Crippen LogP contribution >= 0.6 is 12.4 Å². The molecule has 1 aliphatic heterocycles. The Balaban J connectivity index is 0.00000243. The van der Waals surface area contributed by atoms with Crippen LogP contribution in [-0.4, -0.2) is 60.4 Å². The summed E-state index contributed by atoms with van der Waals surface area (Å²) in [6.45, 7) is 3.38. The van der Waals surface area contributed by atoms with E-state index in [9.17, 15) is 13.2 Å². The Labute approximate surface area is 160 Å². The van der Waals surface area contributed by atoms with Gasteiger partial charge in [0, 0.05) is 37.8 Å². The lowest BCUT2D eigenvalue weighted by Gasteiger charge is -2.42. The van der Waals surface area contributed by atoms with Crippen molar-refractivity contribution in [3.63, 3.8) is 0 Å². The molecular formula is C16H27ClN4O4S. The summed E-state index contributed by atoms with van der Waals surface area (Å²) in [4.78, 5) is 14.6. The van der Waals surface area contributed by atoms with Gasteiger partial charge < -0.3 is 15.2 Å². The summed E-state index contributed by atoms with van der Waals surface area (Å²) in [7, 11) is -3.45. The van der Waals surface area contributed by atoms with Crippen LogP contribution in [0.5, 0.6) is 0 Å². The molecule has 2 unspecified atom stereocenters. The molecular weight excluding hydrogens is 380 g/mol. The number of aromatic nitrogens is 1. The van der Waals surface area contributed by atoms with E-state index in [0.29, 0.717) is 31.9 Å². The fourth-order valence-electron chi connectivity index (χ4n) is 3.76. The molecule has 2 aliphatic rings. The molecule has 26 heavy (non-hydrogen) atoms. The molecule has 1 saturated heterocycles. The summed E-state index contributed by atoms with van der Waals surface area (Å²) in [6, 6.07) is 1.54. The van der Waals surface area contributed by atoms with Crippen LogP contribution in [0.3, 0.4) is 0 Å². The summed E-state index contributed by atoms with van der Waals surface area (Å²) in [5.74, 6) is -0.279. The average molecular weight is 407 g/mol. The second kappa shape index (κ2) is 8.24. The fourth-order valence-corrected chi connectivity index (χ4v) is 5.19. The molecule has 2 N–H and O–H groups in total. The molecule has 2 atom stereocenters. The number of nitrogens with zero attached hydrogens (tertiary/aromatic N) is 3. The van der Waals surface area contributed by atoms with E-state index in [1.807, 2.05) is 6.92 Å². The molecule has 2 fully saturated rings. The maximum absolute atomic E-state index is 12.8. The number of rotatable bonds is 4. The standard InChI is InChI=1S/C16H26N4O4S.ClH/c1-16(17)6-3-2-4-14(16)15(21)19-7-9-20(10-8-19)25(22,23)12-13-5-11-24-18-13;/h5,11,14H,2-4,6-10,12,17H2,1H3;1H. The van der Waals surface area contributed by atoms with Crippen LogP contribution in [0.1, 0.15) is 38.3 Å². The number of halogens is 1. The lowest BCUT2D eigenvalue weighted by molar-refractivity contribution is -0.140. The number of hydrogen-bond acceptors (Lipinski definition) is 6. The minimum atomic E-state index is -3.45. The van der Waals surface area contributed by atoms with Gasteiger partial charge in [-0.1, -0.05) is 18.0 Å². The Morgan fingerprint density at radius 3 is 2.62 bits per heavy atom. The monoisotopic (exact) mass is 406 g/mol. The molecule has 1 amide bonds. The van der Waals surface area contributed by atoms with E-state index in [-0.39, 0.29) is 30.0 Å². The third-order valence-corrected chi connectivity index (χ3v) is 7.13. The molecule has 0 aromatic carbocycles. The van der Waals surface area contributed by atoms with E-state index < -0.39 is 15.6 Å². The van der Waals surface area contributed by atoms with Crippen LogP contribution in [-0.2, 0) is 20.6 Å². The van der Waals surface area contributed by atoms with Gasteiger partial charge in [-0.05, 0) is 19.8 Å². The van der Waals surface area contributed by atoms with E-state index in [4.69, 9.17) is 5.73 Å². The Morgan fingerprint density at radius 1 is 1.35 bits per heavy atom. The maximum atomic E-state index is 12.8. The van der Waals surface area contributed by atoms with Gasteiger partial charge in [-0.3, -0.25) is 4.79 Å². The Bertz CT molecular complexity index is 700. The number of amides is 1. The number of piperazine rings is 1. The van der Waals surface area contributed by atoms with Gasteiger partial charge in [-0.2, -0.15) is 4.31 Å². The van der Waals surface area contributed by atoms with Crippen LogP contribution in [0, 0.1) is 5.92 Å². The van der Waals surface area contributed by atoms with E-state index in [1.54, 1.807) is 11.0 Å². The largest absolute Gasteiger partial charge is 0.364 e. The van der Waals surface area contributed by atoms with Crippen LogP contribution < -0.4 is 5.73 Å². The second-order valence-electron chi connectivity index (χ2n) is 7.28. The second-order valence-corrected chi connectivity index (χ2v) is 9.24. The molecule has 0 bridgehead atoms. The SMILES string of the molecule is CC1(N)CCCCC1C(=O)N1CCN(S(=O)(=O)Cc2ccon2)CC1.Cl. The normalized spacial score (nSPS) is 27.8. The highest BCUT2D eigenvalue weighted by Crippen LogP contribution is 2.33.